The van der Waals surface area contributed by atoms with Crippen LogP contribution in [-0.4, -0.2) is 15.2 Å². The summed E-state index contributed by atoms with van der Waals surface area (Å²) in [4.78, 5) is 3.22. The van der Waals surface area contributed by atoms with E-state index in [9.17, 15) is 4.39 Å². The molecule has 0 amide bonds. The molecule has 0 fully saturated rings. The predicted octanol–water partition coefficient (Wildman–Crippen LogP) is 1.88. The van der Waals surface area contributed by atoms with Crippen molar-refractivity contribution in [3.8, 4) is 0 Å². The van der Waals surface area contributed by atoms with Crippen molar-refractivity contribution in [1.29, 1.82) is 0 Å². The molecule has 5 nitrogen and oxygen atoms in total. The van der Waals surface area contributed by atoms with Crippen molar-refractivity contribution in [3.05, 3.63) is 76.5 Å². The molecule has 2 aromatic heterocycles. The fourth-order valence-corrected chi connectivity index (χ4v) is 3.97. The van der Waals surface area contributed by atoms with Gasteiger partial charge in [0, 0.05) is 33.4 Å². The van der Waals surface area contributed by atoms with Gasteiger partial charge in [0.15, 0.2) is 0 Å². The first-order valence-electron chi connectivity index (χ1n) is 8.31. The minimum atomic E-state index is -0.428. The molecular weight excluding hydrogens is 422 g/mol. The Hall–Kier alpha value is -2.06. The second-order valence-electron chi connectivity index (χ2n) is 6.07. The number of hydrogen-bond acceptors (Lipinski definition) is 5. The molecule has 4 aromatic rings. The van der Waals surface area contributed by atoms with E-state index in [2.05, 4.69) is 15.2 Å². The number of hydrogen-bond donors (Lipinski definition) is 2. The van der Waals surface area contributed by atoms with Crippen LogP contribution in [0.25, 0.3) is 10.9 Å². The smallest absolute Gasteiger partial charge is 0.276 e. The van der Waals surface area contributed by atoms with Crippen molar-refractivity contribution in [2.45, 2.75) is 23.4 Å². The van der Waals surface area contributed by atoms with Gasteiger partial charge in [-0.25, -0.2) is 4.39 Å². The molecule has 0 spiro atoms. The average Bonchev–Trinajstić information content (AvgIpc) is 3.29. The van der Waals surface area contributed by atoms with Gasteiger partial charge in [-0.05, 0) is 30.2 Å². The number of nitrogens with zero attached hydrogens (tertiary/aromatic N) is 2. The van der Waals surface area contributed by atoms with E-state index >= 15 is 0 Å². The van der Waals surface area contributed by atoms with Crippen LogP contribution in [0.15, 0.2) is 58.3 Å². The largest absolute Gasteiger partial charge is 1.00 e. The van der Waals surface area contributed by atoms with Crippen LogP contribution in [0, 0.1) is 5.82 Å². The first kappa shape index (κ1) is 20.7. The predicted molar refractivity (Wildman–Crippen MR) is 104 cm³/mol. The number of H-pyrrole nitrogens is 1. The van der Waals surface area contributed by atoms with Gasteiger partial charge >= 0.3 is 0 Å². The highest BCUT2D eigenvalue weighted by molar-refractivity contribution is 7.98. The third-order valence-corrected chi connectivity index (χ3v) is 5.45. The lowest BCUT2D eigenvalue weighted by atomic mass is 10.1. The van der Waals surface area contributed by atoms with Crippen LogP contribution >= 0.6 is 23.4 Å². The first-order valence-corrected chi connectivity index (χ1v) is 9.68. The topological polar surface area (TPSA) is 80.7 Å². The molecular formula is C19H16Cl2FN4OS-. The molecule has 9 heteroatoms. The Kier molecular flexibility index (Phi) is 6.61. The number of nitrogens with one attached hydrogen (secondary N) is 1. The Morgan fingerprint density at radius 1 is 1.18 bits per heavy atom. The van der Waals surface area contributed by atoms with Crippen molar-refractivity contribution in [2.75, 3.05) is 0 Å². The van der Waals surface area contributed by atoms with Crippen LogP contribution in [-0.2, 0) is 12.2 Å². The van der Waals surface area contributed by atoms with Gasteiger partial charge in [0.25, 0.3) is 5.22 Å². The highest BCUT2D eigenvalue weighted by atomic mass is 35.5. The summed E-state index contributed by atoms with van der Waals surface area (Å²) in [6.07, 6.45) is 2.51. The second-order valence-corrected chi connectivity index (χ2v) is 7.40. The molecule has 3 N–H and O–H groups in total. The van der Waals surface area contributed by atoms with Gasteiger partial charge in [-0.3, -0.25) is 0 Å². The van der Waals surface area contributed by atoms with Crippen molar-refractivity contribution in [2.24, 2.45) is 5.73 Å². The highest BCUT2D eigenvalue weighted by Crippen LogP contribution is 2.29. The quantitative estimate of drug-likeness (QED) is 0.450. The summed E-state index contributed by atoms with van der Waals surface area (Å²) >= 11 is 7.26. The first-order chi connectivity index (χ1) is 13.1. The molecule has 0 saturated heterocycles. The normalized spacial score (nSPS) is 12.1. The average molecular weight is 438 g/mol. The van der Waals surface area contributed by atoms with Crippen molar-refractivity contribution in [3.63, 3.8) is 0 Å². The molecule has 0 unspecified atom stereocenters. The third kappa shape index (κ3) is 4.33. The minimum Gasteiger partial charge on any atom is -1.00 e. The summed E-state index contributed by atoms with van der Waals surface area (Å²) in [6.45, 7) is 0. The molecule has 0 bridgehead atoms. The molecule has 2 heterocycles. The molecule has 0 saturated carbocycles. The van der Waals surface area contributed by atoms with E-state index in [4.69, 9.17) is 21.8 Å². The molecule has 28 heavy (non-hydrogen) atoms. The maximum absolute atomic E-state index is 13.8. The fraction of sp³-hybridized carbons (Fsp3) is 0.158. The lowest BCUT2D eigenvalue weighted by Gasteiger charge is -2.06. The SMILES string of the molecule is N[C@@H](Cc1c[nH]c2ccccc12)c1nnc(SCc2c(F)cccc2Cl)o1.[Cl-]. The summed E-state index contributed by atoms with van der Waals surface area (Å²) in [5.74, 6) is 0.290. The molecule has 0 aliphatic carbocycles. The molecule has 146 valence electrons. The van der Waals surface area contributed by atoms with Crippen LogP contribution in [0.2, 0.25) is 5.02 Å². The van der Waals surface area contributed by atoms with E-state index in [1.165, 1.54) is 17.8 Å². The Morgan fingerprint density at radius 3 is 2.82 bits per heavy atom. The number of aromatic nitrogens is 3. The Morgan fingerprint density at radius 2 is 2.00 bits per heavy atom. The number of benzene rings is 2. The Balaban J connectivity index is 0.00000225. The summed E-state index contributed by atoms with van der Waals surface area (Å²) in [5, 5.41) is 9.86. The summed E-state index contributed by atoms with van der Waals surface area (Å²) in [5.41, 5.74) is 8.80. The molecule has 0 aliphatic heterocycles. The van der Waals surface area contributed by atoms with Crippen LogP contribution in [0.1, 0.15) is 23.1 Å². The van der Waals surface area contributed by atoms with Gasteiger partial charge < -0.3 is 27.5 Å². The zero-order valence-electron chi connectivity index (χ0n) is 14.5. The van der Waals surface area contributed by atoms with Gasteiger partial charge in [0.1, 0.15) is 5.82 Å². The van der Waals surface area contributed by atoms with Gasteiger partial charge in [0.05, 0.1) is 6.04 Å². The molecule has 0 aliphatic rings. The summed E-state index contributed by atoms with van der Waals surface area (Å²) in [7, 11) is 0. The fourth-order valence-electron chi connectivity index (χ4n) is 2.86. The lowest BCUT2D eigenvalue weighted by Crippen LogP contribution is -3.00. The van der Waals surface area contributed by atoms with E-state index < -0.39 is 6.04 Å². The van der Waals surface area contributed by atoms with Gasteiger partial charge in [0.2, 0.25) is 5.89 Å². The Bertz CT molecular complexity index is 1060. The maximum Gasteiger partial charge on any atom is 0.276 e. The summed E-state index contributed by atoms with van der Waals surface area (Å²) in [6, 6.07) is 12.2. The Labute approximate surface area is 176 Å². The van der Waals surface area contributed by atoms with E-state index in [1.807, 2.05) is 30.5 Å². The maximum atomic E-state index is 13.8. The number of fused-ring (bicyclic) bond motifs is 1. The third-order valence-electron chi connectivity index (χ3n) is 4.26. The number of halogens is 3. The number of para-hydroxylation sites is 1. The minimum absolute atomic E-state index is 0. The van der Waals surface area contributed by atoms with Crippen LogP contribution in [0.5, 0.6) is 0 Å². The number of rotatable bonds is 6. The van der Waals surface area contributed by atoms with Gasteiger partial charge in [-0.1, -0.05) is 47.6 Å². The van der Waals surface area contributed by atoms with Crippen LogP contribution < -0.4 is 18.1 Å². The van der Waals surface area contributed by atoms with Crippen molar-refractivity contribution in [1.82, 2.24) is 15.2 Å². The number of nitrogens with two attached hydrogens (primary N) is 1. The van der Waals surface area contributed by atoms with E-state index in [1.54, 1.807) is 12.1 Å². The van der Waals surface area contributed by atoms with Crippen LogP contribution in [0.3, 0.4) is 0 Å². The second kappa shape index (κ2) is 8.96. The van der Waals surface area contributed by atoms with E-state index in [-0.39, 0.29) is 18.2 Å². The molecule has 4 rings (SSSR count). The van der Waals surface area contributed by atoms with Gasteiger partial charge in [-0.2, -0.15) is 0 Å². The zero-order chi connectivity index (χ0) is 18.8. The van der Waals surface area contributed by atoms with E-state index in [0.717, 1.165) is 16.5 Å². The highest BCUT2D eigenvalue weighted by Gasteiger charge is 2.18. The van der Waals surface area contributed by atoms with Crippen molar-refractivity contribution < 1.29 is 21.2 Å². The molecule has 0 radical (unpaired) electrons. The zero-order valence-corrected chi connectivity index (χ0v) is 16.9. The van der Waals surface area contributed by atoms with Crippen molar-refractivity contribution >= 4 is 34.3 Å². The number of thioether (sulfide) groups is 1. The molecule has 2 aromatic carbocycles. The summed E-state index contributed by atoms with van der Waals surface area (Å²) < 4.78 is 19.5. The standard InChI is InChI=1S/C19H16ClFN4OS.ClH/c20-14-5-3-6-15(21)13(14)10-27-19-25-24-18(26-19)16(22)8-11-9-23-17-7-2-1-4-12(11)17;/h1-7,9,16,23H,8,10,22H2;1H/p-1/t16-;/m0./s1. The lowest BCUT2D eigenvalue weighted by molar-refractivity contribution is -0.00000657. The van der Waals surface area contributed by atoms with Crippen LogP contribution in [0.4, 0.5) is 4.39 Å². The number of aromatic amines is 1. The van der Waals surface area contributed by atoms with Gasteiger partial charge in [-0.15, -0.1) is 10.2 Å². The molecule has 1 atom stereocenters. The monoisotopic (exact) mass is 437 g/mol. The van der Waals surface area contributed by atoms with E-state index in [0.29, 0.717) is 33.9 Å².